The van der Waals surface area contributed by atoms with Crippen LogP contribution in [0.2, 0.25) is 0 Å². The molecule has 7 nitrogen and oxygen atoms in total. The highest BCUT2D eigenvalue weighted by Crippen LogP contribution is 2.21. The Morgan fingerprint density at radius 1 is 1.25 bits per heavy atom. The van der Waals surface area contributed by atoms with E-state index in [9.17, 15) is 13.2 Å². The second-order valence-corrected chi connectivity index (χ2v) is 6.94. The molecule has 0 aliphatic heterocycles. The van der Waals surface area contributed by atoms with Crippen molar-refractivity contribution in [1.82, 2.24) is 10.3 Å². The largest absolute Gasteiger partial charge is 0.383 e. The van der Waals surface area contributed by atoms with Gasteiger partial charge < -0.3 is 10.1 Å². The summed E-state index contributed by atoms with van der Waals surface area (Å²) in [6.45, 7) is 0.749. The van der Waals surface area contributed by atoms with Crippen molar-refractivity contribution in [3.8, 4) is 0 Å². The van der Waals surface area contributed by atoms with Gasteiger partial charge in [0.05, 0.1) is 29.0 Å². The van der Waals surface area contributed by atoms with Gasteiger partial charge in [-0.15, -0.1) is 0 Å². The highest BCUT2D eigenvalue weighted by Gasteiger charge is 2.22. The molecule has 0 aliphatic rings. The van der Waals surface area contributed by atoms with Crippen molar-refractivity contribution in [1.29, 1.82) is 0 Å². The number of aromatic nitrogens is 1. The summed E-state index contributed by atoms with van der Waals surface area (Å²) in [5.74, 6) is -0.341. The zero-order chi connectivity index (χ0) is 17.6. The molecule has 2 rings (SSSR count). The Labute approximate surface area is 141 Å². The van der Waals surface area contributed by atoms with Gasteiger partial charge in [-0.05, 0) is 18.2 Å². The first-order valence-corrected chi connectivity index (χ1v) is 8.67. The van der Waals surface area contributed by atoms with E-state index in [2.05, 4.69) is 10.3 Å². The van der Waals surface area contributed by atoms with Crippen LogP contribution in [0.4, 0.5) is 5.69 Å². The molecule has 1 aromatic carbocycles. The molecule has 0 aliphatic carbocycles. The molecule has 2 aromatic rings. The van der Waals surface area contributed by atoms with Crippen molar-refractivity contribution in [2.45, 2.75) is 4.90 Å². The number of rotatable bonds is 7. The molecule has 0 radical (unpaired) electrons. The maximum absolute atomic E-state index is 12.6. The molecule has 24 heavy (non-hydrogen) atoms. The maximum atomic E-state index is 12.6. The van der Waals surface area contributed by atoms with E-state index in [0.29, 0.717) is 18.8 Å². The van der Waals surface area contributed by atoms with Crippen LogP contribution in [0.3, 0.4) is 0 Å². The summed E-state index contributed by atoms with van der Waals surface area (Å²) in [5.41, 5.74) is 0.581. The van der Waals surface area contributed by atoms with Crippen molar-refractivity contribution in [2.24, 2.45) is 0 Å². The molecule has 0 spiro atoms. The SMILES string of the molecule is COCCNC(=O)c1cncc(N(C)S(=O)(=O)c2ccccc2)c1. The van der Waals surface area contributed by atoms with Gasteiger partial charge in [0.15, 0.2) is 0 Å². The Balaban J connectivity index is 2.23. The van der Waals surface area contributed by atoms with E-state index in [1.54, 1.807) is 18.2 Å². The lowest BCUT2D eigenvalue weighted by Gasteiger charge is -2.19. The van der Waals surface area contributed by atoms with Crippen LogP contribution in [0, 0.1) is 0 Å². The number of benzene rings is 1. The third-order valence-corrected chi connectivity index (χ3v) is 5.14. The van der Waals surface area contributed by atoms with Gasteiger partial charge in [0.25, 0.3) is 15.9 Å². The number of sulfonamides is 1. The van der Waals surface area contributed by atoms with Gasteiger partial charge in [-0.2, -0.15) is 0 Å². The van der Waals surface area contributed by atoms with E-state index in [0.717, 1.165) is 4.31 Å². The molecule has 1 aromatic heterocycles. The minimum absolute atomic E-state index is 0.169. The number of ether oxygens (including phenoxy) is 1. The van der Waals surface area contributed by atoms with Crippen LogP contribution in [-0.2, 0) is 14.8 Å². The van der Waals surface area contributed by atoms with Crippen molar-refractivity contribution in [2.75, 3.05) is 31.6 Å². The normalized spacial score (nSPS) is 11.1. The van der Waals surface area contributed by atoms with E-state index in [-0.39, 0.29) is 16.4 Å². The number of hydrogen-bond acceptors (Lipinski definition) is 5. The highest BCUT2D eigenvalue weighted by atomic mass is 32.2. The average molecular weight is 349 g/mol. The summed E-state index contributed by atoms with van der Waals surface area (Å²) in [7, 11) is -0.752. The van der Waals surface area contributed by atoms with Crippen molar-refractivity contribution < 1.29 is 17.9 Å². The average Bonchev–Trinajstić information content (AvgIpc) is 2.62. The minimum Gasteiger partial charge on any atom is -0.383 e. The summed E-state index contributed by atoms with van der Waals surface area (Å²) in [6.07, 6.45) is 2.78. The Hall–Kier alpha value is -2.45. The van der Waals surface area contributed by atoms with Crippen LogP contribution in [0.25, 0.3) is 0 Å². The van der Waals surface area contributed by atoms with Crippen LogP contribution in [-0.4, -0.2) is 46.6 Å². The summed E-state index contributed by atoms with van der Waals surface area (Å²) in [4.78, 5) is 16.2. The van der Waals surface area contributed by atoms with Crippen LogP contribution in [0.5, 0.6) is 0 Å². The molecule has 0 fully saturated rings. The van der Waals surface area contributed by atoms with Crippen LogP contribution >= 0.6 is 0 Å². The van der Waals surface area contributed by atoms with Gasteiger partial charge >= 0.3 is 0 Å². The molecule has 8 heteroatoms. The standard InChI is InChI=1S/C16H19N3O4S/c1-19(24(21,22)15-6-4-3-5-7-15)14-10-13(11-17-12-14)16(20)18-8-9-23-2/h3-7,10-12H,8-9H2,1-2H3,(H,18,20). The number of nitrogens with zero attached hydrogens (tertiary/aromatic N) is 2. The molecular weight excluding hydrogens is 330 g/mol. The third-order valence-electron chi connectivity index (χ3n) is 3.34. The van der Waals surface area contributed by atoms with E-state index in [1.807, 2.05) is 0 Å². The van der Waals surface area contributed by atoms with Gasteiger partial charge in [-0.3, -0.25) is 14.1 Å². The number of carbonyl (C=O) groups is 1. The van der Waals surface area contributed by atoms with Crippen molar-refractivity contribution in [3.63, 3.8) is 0 Å². The Bertz CT molecular complexity index is 794. The van der Waals surface area contributed by atoms with Crippen LogP contribution in [0.1, 0.15) is 10.4 Å². The number of methoxy groups -OCH3 is 1. The van der Waals surface area contributed by atoms with Crippen molar-refractivity contribution >= 4 is 21.6 Å². The lowest BCUT2D eigenvalue weighted by molar-refractivity contribution is 0.0936. The Morgan fingerprint density at radius 2 is 1.96 bits per heavy atom. The van der Waals surface area contributed by atoms with Gasteiger partial charge in [-0.1, -0.05) is 18.2 Å². The molecule has 1 amide bonds. The van der Waals surface area contributed by atoms with Gasteiger partial charge in [0.1, 0.15) is 0 Å². The molecule has 0 bridgehead atoms. The lowest BCUT2D eigenvalue weighted by Crippen LogP contribution is -2.29. The second kappa shape index (κ2) is 7.89. The summed E-state index contributed by atoms with van der Waals surface area (Å²) >= 11 is 0. The first-order chi connectivity index (χ1) is 11.5. The molecule has 1 heterocycles. The Morgan fingerprint density at radius 3 is 2.62 bits per heavy atom. The lowest BCUT2D eigenvalue weighted by atomic mass is 10.2. The fourth-order valence-electron chi connectivity index (χ4n) is 1.98. The molecule has 128 valence electrons. The fraction of sp³-hybridized carbons (Fsp3) is 0.250. The highest BCUT2D eigenvalue weighted by molar-refractivity contribution is 7.92. The first kappa shape index (κ1) is 17.9. The van der Waals surface area contributed by atoms with Gasteiger partial charge in [0.2, 0.25) is 0 Å². The van der Waals surface area contributed by atoms with Gasteiger partial charge in [0, 0.05) is 26.9 Å². The smallest absolute Gasteiger partial charge is 0.264 e. The first-order valence-electron chi connectivity index (χ1n) is 7.23. The van der Waals surface area contributed by atoms with Crippen LogP contribution in [0.15, 0.2) is 53.7 Å². The third kappa shape index (κ3) is 4.09. The van der Waals surface area contributed by atoms with E-state index < -0.39 is 10.0 Å². The number of nitrogens with one attached hydrogen (secondary N) is 1. The number of amides is 1. The second-order valence-electron chi connectivity index (χ2n) is 4.97. The predicted octanol–water partition coefficient (Wildman–Crippen LogP) is 1.28. The molecule has 0 unspecified atom stereocenters. The Kier molecular flexibility index (Phi) is 5.88. The maximum Gasteiger partial charge on any atom is 0.264 e. The number of anilines is 1. The number of carbonyl (C=O) groups excluding carboxylic acids is 1. The summed E-state index contributed by atoms with van der Waals surface area (Å²) in [5, 5.41) is 2.66. The molecular formula is C16H19N3O4S. The fourth-order valence-corrected chi connectivity index (χ4v) is 3.18. The monoisotopic (exact) mass is 349 g/mol. The van der Waals surface area contributed by atoms with E-state index >= 15 is 0 Å². The summed E-state index contributed by atoms with van der Waals surface area (Å²) in [6, 6.07) is 9.56. The zero-order valence-electron chi connectivity index (χ0n) is 13.5. The summed E-state index contributed by atoms with van der Waals surface area (Å²) < 4.78 is 31.2. The molecule has 1 N–H and O–H groups in total. The quantitative estimate of drug-likeness (QED) is 0.761. The molecule has 0 saturated carbocycles. The number of hydrogen-bond donors (Lipinski definition) is 1. The van der Waals surface area contributed by atoms with Gasteiger partial charge in [-0.25, -0.2) is 8.42 Å². The number of pyridine rings is 1. The van der Waals surface area contributed by atoms with Crippen LogP contribution < -0.4 is 9.62 Å². The molecule has 0 saturated heterocycles. The minimum atomic E-state index is -3.71. The topological polar surface area (TPSA) is 88.6 Å². The molecule has 0 atom stereocenters. The van der Waals surface area contributed by atoms with E-state index in [1.165, 1.54) is 44.8 Å². The van der Waals surface area contributed by atoms with E-state index in [4.69, 9.17) is 4.74 Å². The predicted molar refractivity (Wildman–Crippen MR) is 90.5 cm³/mol. The zero-order valence-corrected chi connectivity index (χ0v) is 14.3. The van der Waals surface area contributed by atoms with Crippen molar-refractivity contribution in [3.05, 3.63) is 54.4 Å².